The summed E-state index contributed by atoms with van der Waals surface area (Å²) in [5, 5.41) is 0. The maximum atomic E-state index is 12.2. The lowest BCUT2D eigenvalue weighted by Crippen LogP contribution is -2.29. The van der Waals surface area contributed by atoms with E-state index in [0.717, 1.165) is 15.6 Å². The topological polar surface area (TPSA) is 38.0 Å². The van der Waals surface area contributed by atoms with Crippen molar-refractivity contribution in [1.82, 2.24) is 5.43 Å². The number of hydrogen-bond acceptors (Lipinski definition) is 2. The Hall–Kier alpha value is -0.590. The van der Waals surface area contributed by atoms with E-state index in [0.29, 0.717) is 0 Å². The third-order valence-corrected chi connectivity index (χ3v) is 3.14. The standard InChI is InChI=1S/C11H14BrF3N2/c1-7-2-3-8(9(12)6-7)10(17-16)4-5-11(13,14)15/h2-3,6,10,17H,4-5,16H2,1H3. The van der Waals surface area contributed by atoms with Crippen LogP contribution in [0.3, 0.4) is 0 Å². The van der Waals surface area contributed by atoms with Crippen LogP contribution in [0, 0.1) is 6.92 Å². The molecule has 0 heterocycles. The molecule has 0 aromatic heterocycles. The Bertz CT molecular complexity index is 379. The van der Waals surface area contributed by atoms with Gasteiger partial charge in [0.25, 0.3) is 0 Å². The van der Waals surface area contributed by atoms with E-state index in [4.69, 9.17) is 5.84 Å². The first kappa shape index (κ1) is 14.5. The minimum atomic E-state index is -4.16. The van der Waals surface area contributed by atoms with E-state index in [1.165, 1.54) is 0 Å². The molecule has 0 aliphatic heterocycles. The lowest BCUT2D eigenvalue weighted by atomic mass is 10.0. The Labute approximate surface area is 106 Å². The average Bonchev–Trinajstić information content (AvgIpc) is 2.19. The first-order valence-corrected chi connectivity index (χ1v) is 5.91. The molecule has 1 unspecified atom stereocenters. The lowest BCUT2D eigenvalue weighted by molar-refractivity contribution is -0.136. The summed E-state index contributed by atoms with van der Waals surface area (Å²) in [7, 11) is 0. The van der Waals surface area contributed by atoms with Gasteiger partial charge < -0.3 is 0 Å². The van der Waals surface area contributed by atoms with E-state index in [-0.39, 0.29) is 6.42 Å². The molecule has 1 atom stereocenters. The van der Waals surface area contributed by atoms with Gasteiger partial charge in [-0.05, 0) is 30.5 Å². The number of benzene rings is 1. The Morgan fingerprint density at radius 3 is 2.53 bits per heavy atom. The molecule has 0 aliphatic rings. The molecule has 96 valence electrons. The van der Waals surface area contributed by atoms with Crippen LogP contribution in [-0.4, -0.2) is 6.18 Å². The Morgan fingerprint density at radius 2 is 2.06 bits per heavy atom. The number of rotatable bonds is 4. The number of hydrazine groups is 1. The predicted octanol–water partition coefficient (Wildman–Crippen LogP) is 3.60. The maximum absolute atomic E-state index is 12.2. The smallest absolute Gasteiger partial charge is 0.271 e. The average molecular weight is 311 g/mol. The first-order chi connectivity index (χ1) is 7.83. The molecular weight excluding hydrogens is 297 g/mol. The van der Waals surface area contributed by atoms with Crippen molar-refractivity contribution in [1.29, 1.82) is 0 Å². The van der Waals surface area contributed by atoms with Crippen LogP contribution in [-0.2, 0) is 0 Å². The van der Waals surface area contributed by atoms with Gasteiger partial charge in [-0.1, -0.05) is 28.1 Å². The summed E-state index contributed by atoms with van der Waals surface area (Å²) in [4.78, 5) is 0. The molecule has 6 heteroatoms. The fraction of sp³-hybridized carbons (Fsp3) is 0.455. The zero-order valence-electron chi connectivity index (χ0n) is 9.31. The quantitative estimate of drug-likeness (QED) is 0.658. The van der Waals surface area contributed by atoms with Gasteiger partial charge in [0.15, 0.2) is 0 Å². The SMILES string of the molecule is Cc1ccc(C(CCC(F)(F)F)NN)c(Br)c1. The molecule has 17 heavy (non-hydrogen) atoms. The molecule has 0 radical (unpaired) electrons. The summed E-state index contributed by atoms with van der Waals surface area (Å²) >= 11 is 3.33. The predicted molar refractivity (Wildman–Crippen MR) is 64.2 cm³/mol. The molecule has 3 N–H and O–H groups in total. The molecule has 0 saturated heterocycles. The summed E-state index contributed by atoms with van der Waals surface area (Å²) < 4.78 is 37.2. The summed E-state index contributed by atoms with van der Waals surface area (Å²) in [6.45, 7) is 1.91. The molecule has 0 fully saturated rings. The number of nitrogens with two attached hydrogens (primary N) is 1. The lowest BCUT2D eigenvalue weighted by Gasteiger charge is -2.19. The Balaban J connectivity index is 2.79. The van der Waals surface area contributed by atoms with E-state index in [1.807, 2.05) is 19.1 Å². The van der Waals surface area contributed by atoms with Crippen molar-refractivity contribution in [3.8, 4) is 0 Å². The Kier molecular flexibility index (Phi) is 4.97. The van der Waals surface area contributed by atoms with Crippen LogP contribution in [0.25, 0.3) is 0 Å². The van der Waals surface area contributed by atoms with Gasteiger partial charge in [0, 0.05) is 16.9 Å². The highest BCUT2D eigenvalue weighted by atomic mass is 79.9. The highest BCUT2D eigenvalue weighted by Gasteiger charge is 2.28. The van der Waals surface area contributed by atoms with Crippen LogP contribution < -0.4 is 11.3 Å². The number of hydrogen-bond donors (Lipinski definition) is 2. The van der Waals surface area contributed by atoms with Gasteiger partial charge in [-0.2, -0.15) is 13.2 Å². The molecule has 0 aliphatic carbocycles. The molecule has 0 spiro atoms. The van der Waals surface area contributed by atoms with Crippen LogP contribution in [0.15, 0.2) is 22.7 Å². The van der Waals surface area contributed by atoms with Crippen LogP contribution in [0.4, 0.5) is 13.2 Å². The van der Waals surface area contributed by atoms with E-state index in [2.05, 4.69) is 21.4 Å². The zero-order chi connectivity index (χ0) is 13.1. The molecule has 1 aromatic rings. The summed E-state index contributed by atoms with van der Waals surface area (Å²) in [6, 6.07) is 4.97. The van der Waals surface area contributed by atoms with Crippen molar-refractivity contribution in [2.24, 2.45) is 5.84 Å². The zero-order valence-corrected chi connectivity index (χ0v) is 10.9. The number of nitrogens with one attached hydrogen (secondary N) is 1. The second kappa shape index (κ2) is 5.84. The largest absolute Gasteiger partial charge is 0.389 e. The van der Waals surface area contributed by atoms with Crippen LogP contribution in [0.2, 0.25) is 0 Å². The van der Waals surface area contributed by atoms with Gasteiger partial charge in [0.2, 0.25) is 0 Å². The minimum absolute atomic E-state index is 0.0817. The van der Waals surface area contributed by atoms with Crippen LogP contribution in [0.1, 0.15) is 30.0 Å². The van der Waals surface area contributed by atoms with Gasteiger partial charge in [0.1, 0.15) is 0 Å². The van der Waals surface area contributed by atoms with Gasteiger partial charge in [-0.15, -0.1) is 0 Å². The summed E-state index contributed by atoms with van der Waals surface area (Å²) in [5.41, 5.74) is 4.19. The van der Waals surface area contributed by atoms with Crippen molar-refractivity contribution in [3.63, 3.8) is 0 Å². The van der Waals surface area contributed by atoms with Crippen LogP contribution in [0.5, 0.6) is 0 Å². The molecular formula is C11H14BrF3N2. The highest BCUT2D eigenvalue weighted by molar-refractivity contribution is 9.10. The number of alkyl halides is 3. The molecule has 2 nitrogen and oxygen atoms in total. The van der Waals surface area contributed by atoms with Crippen molar-refractivity contribution < 1.29 is 13.2 Å². The fourth-order valence-electron chi connectivity index (χ4n) is 1.55. The number of aryl methyl sites for hydroxylation is 1. The molecule has 0 amide bonds. The van der Waals surface area contributed by atoms with E-state index in [1.54, 1.807) is 6.07 Å². The maximum Gasteiger partial charge on any atom is 0.389 e. The monoisotopic (exact) mass is 310 g/mol. The van der Waals surface area contributed by atoms with Gasteiger partial charge >= 0.3 is 6.18 Å². The summed E-state index contributed by atoms with van der Waals surface area (Å²) in [5.74, 6) is 5.30. The molecule has 0 saturated carbocycles. The first-order valence-electron chi connectivity index (χ1n) is 5.12. The van der Waals surface area contributed by atoms with Gasteiger partial charge in [-0.3, -0.25) is 11.3 Å². The van der Waals surface area contributed by atoms with Crippen LogP contribution >= 0.6 is 15.9 Å². The van der Waals surface area contributed by atoms with Crippen molar-refractivity contribution in [3.05, 3.63) is 33.8 Å². The fourth-order valence-corrected chi connectivity index (χ4v) is 2.32. The van der Waals surface area contributed by atoms with Gasteiger partial charge in [-0.25, -0.2) is 0 Å². The van der Waals surface area contributed by atoms with Gasteiger partial charge in [0.05, 0.1) is 0 Å². The number of halogens is 4. The van der Waals surface area contributed by atoms with E-state index >= 15 is 0 Å². The van der Waals surface area contributed by atoms with Crippen molar-refractivity contribution >= 4 is 15.9 Å². The molecule has 1 aromatic carbocycles. The van der Waals surface area contributed by atoms with Crippen molar-refractivity contribution in [2.75, 3.05) is 0 Å². The van der Waals surface area contributed by atoms with E-state index < -0.39 is 18.6 Å². The normalized spacial score (nSPS) is 13.8. The summed E-state index contributed by atoms with van der Waals surface area (Å²) in [6.07, 6.45) is -5.10. The second-order valence-corrected chi connectivity index (χ2v) is 4.75. The minimum Gasteiger partial charge on any atom is -0.271 e. The molecule has 0 bridgehead atoms. The Morgan fingerprint density at radius 1 is 1.41 bits per heavy atom. The third kappa shape index (κ3) is 4.65. The van der Waals surface area contributed by atoms with Crippen molar-refractivity contribution in [2.45, 2.75) is 32.0 Å². The second-order valence-electron chi connectivity index (χ2n) is 3.90. The molecule has 1 rings (SSSR count). The third-order valence-electron chi connectivity index (χ3n) is 2.45. The van der Waals surface area contributed by atoms with E-state index in [9.17, 15) is 13.2 Å². The highest BCUT2D eigenvalue weighted by Crippen LogP contribution is 2.31.